The lowest BCUT2D eigenvalue weighted by molar-refractivity contribution is -0.110. The monoisotopic (exact) mass is 448 g/mol. The maximum atomic E-state index is 13.8. The summed E-state index contributed by atoms with van der Waals surface area (Å²) in [5, 5.41) is 0. The molecule has 1 atom stereocenters. The third-order valence-corrected chi connectivity index (χ3v) is 8.54. The van der Waals surface area contributed by atoms with Gasteiger partial charge in [0.05, 0.1) is 13.7 Å². The van der Waals surface area contributed by atoms with Crippen LogP contribution in [0.25, 0.3) is 0 Å². The molecule has 31 heavy (non-hydrogen) atoms. The van der Waals surface area contributed by atoms with Crippen LogP contribution in [0.3, 0.4) is 0 Å². The second-order valence-electron chi connectivity index (χ2n) is 8.34. The van der Waals surface area contributed by atoms with Crippen LogP contribution < -0.4 is 4.74 Å². The maximum absolute atomic E-state index is 13.8. The van der Waals surface area contributed by atoms with Gasteiger partial charge in [-0.2, -0.15) is 4.31 Å². The zero-order valence-electron chi connectivity index (χ0n) is 18.0. The van der Waals surface area contributed by atoms with Crippen molar-refractivity contribution in [3.05, 3.63) is 59.9 Å². The quantitative estimate of drug-likeness (QED) is 0.651. The van der Waals surface area contributed by atoms with Crippen molar-refractivity contribution in [1.29, 1.82) is 0 Å². The Bertz CT molecular complexity index is 1010. The van der Waals surface area contributed by atoms with E-state index in [0.29, 0.717) is 19.7 Å². The number of ether oxygens (including phenoxy) is 2. The Kier molecular flexibility index (Phi) is 6.35. The van der Waals surface area contributed by atoms with E-state index in [1.807, 2.05) is 18.2 Å². The molecule has 2 aliphatic rings. The van der Waals surface area contributed by atoms with Crippen molar-refractivity contribution >= 4 is 10.0 Å². The fourth-order valence-corrected chi connectivity index (χ4v) is 6.68. The molecule has 0 aromatic heterocycles. The molecule has 0 radical (unpaired) electrons. The first-order valence-electron chi connectivity index (χ1n) is 10.5. The van der Waals surface area contributed by atoms with Crippen LogP contribution in [-0.4, -0.2) is 64.6 Å². The molecule has 0 aliphatic carbocycles. The largest absolute Gasteiger partial charge is 0.495 e. The minimum absolute atomic E-state index is 0.0349. The average Bonchev–Trinajstić information content (AvgIpc) is 2.77. The Hall–Kier alpha value is -2.00. The Morgan fingerprint density at radius 1 is 1.10 bits per heavy atom. The van der Waals surface area contributed by atoms with E-state index in [1.165, 1.54) is 29.1 Å². The molecule has 0 saturated carbocycles. The smallest absolute Gasteiger partial charge is 0.246 e. The Morgan fingerprint density at radius 2 is 1.81 bits per heavy atom. The topological polar surface area (TPSA) is 59.1 Å². The highest BCUT2D eigenvalue weighted by atomic mass is 32.2. The molecule has 168 valence electrons. The molecular formula is C23H29FN2O4S. The second-order valence-corrected chi connectivity index (χ2v) is 10.2. The Morgan fingerprint density at radius 3 is 2.45 bits per heavy atom. The highest BCUT2D eigenvalue weighted by Crippen LogP contribution is 2.55. The molecule has 2 fully saturated rings. The van der Waals surface area contributed by atoms with Gasteiger partial charge in [0.25, 0.3) is 0 Å². The highest BCUT2D eigenvalue weighted by Gasteiger charge is 2.54. The van der Waals surface area contributed by atoms with Crippen LogP contribution in [-0.2, 0) is 14.8 Å². The third-order valence-electron chi connectivity index (χ3n) is 6.62. The van der Waals surface area contributed by atoms with Crippen LogP contribution in [0.4, 0.5) is 4.39 Å². The summed E-state index contributed by atoms with van der Waals surface area (Å²) in [5.74, 6) is -0.428. The molecule has 8 heteroatoms. The van der Waals surface area contributed by atoms with Crippen LogP contribution in [0.5, 0.6) is 5.75 Å². The summed E-state index contributed by atoms with van der Waals surface area (Å²) < 4.78 is 52.2. The summed E-state index contributed by atoms with van der Waals surface area (Å²) in [5.41, 5.74) is 1.29. The van der Waals surface area contributed by atoms with Gasteiger partial charge in [0, 0.05) is 44.7 Å². The highest BCUT2D eigenvalue weighted by molar-refractivity contribution is 7.89. The maximum Gasteiger partial charge on any atom is 0.246 e. The molecule has 2 saturated heterocycles. The van der Waals surface area contributed by atoms with Crippen LogP contribution in [0.15, 0.2) is 53.4 Å². The first-order chi connectivity index (χ1) is 14.9. The number of rotatable bonds is 7. The van der Waals surface area contributed by atoms with Crippen molar-refractivity contribution in [2.45, 2.75) is 23.8 Å². The summed E-state index contributed by atoms with van der Waals surface area (Å²) in [4.78, 5) is 2.30. The van der Waals surface area contributed by atoms with Gasteiger partial charge < -0.3 is 9.47 Å². The molecule has 0 N–H and O–H groups in total. The minimum Gasteiger partial charge on any atom is -0.495 e. The average molecular weight is 449 g/mol. The molecule has 0 amide bonds. The molecule has 4 rings (SSSR count). The molecule has 2 aromatic rings. The van der Waals surface area contributed by atoms with Gasteiger partial charge in [-0.1, -0.05) is 30.3 Å². The van der Waals surface area contributed by atoms with E-state index in [-0.39, 0.29) is 22.1 Å². The predicted octanol–water partition coefficient (Wildman–Crippen LogP) is 3.31. The third kappa shape index (κ3) is 4.09. The number of nitrogens with zero attached hydrogens (tertiary/aromatic N) is 2. The first-order valence-corrected chi connectivity index (χ1v) is 12.0. The normalized spacial score (nSPS) is 21.7. The number of benzene rings is 2. The zero-order chi connectivity index (χ0) is 22.1. The molecule has 2 aliphatic heterocycles. The van der Waals surface area contributed by atoms with Gasteiger partial charge in [0.1, 0.15) is 16.5 Å². The molecule has 1 spiro atoms. The van der Waals surface area contributed by atoms with Crippen LogP contribution in [0.1, 0.15) is 24.4 Å². The fourth-order valence-electron chi connectivity index (χ4n) is 5.07. The Labute approximate surface area is 183 Å². The number of hydrogen-bond donors (Lipinski definition) is 0. The van der Waals surface area contributed by atoms with Gasteiger partial charge in [-0.05, 0) is 36.6 Å². The van der Waals surface area contributed by atoms with Crippen molar-refractivity contribution in [2.24, 2.45) is 5.41 Å². The molecule has 0 bridgehead atoms. The van der Waals surface area contributed by atoms with Crippen LogP contribution in [0, 0.1) is 11.2 Å². The number of sulfonamides is 1. The van der Waals surface area contributed by atoms with Gasteiger partial charge >= 0.3 is 0 Å². The van der Waals surface area contributed by atoms with Crippen LogP contribution >= 0.6 is 0 Å². The molecule has 1 unspecified atom stereocenters. The van der Waals surface area contributed by atoms with Gasteiger partial charge in [0.2, 0.25) is 10.0 Å². The van der Waals surface area contributed by atoms with Crippen molar-refractivity contribution in [3.8, 4) is 5.75 Å². The number of methoxy groups -OCH3 is 2. The lowest BCUT2D eigenvalue weighted by Gasteiger charge is -2.60. The minimum atomic E-state index is -3.84. The summed E-state index contributed by atoms with van der Waals surface area (Å²) in [6.07, 6.45) is 1.51. The lowest BCUT2D eigenvalue weighted by Crippen LogP contribution is -2.62. The van der Waals surface area contributed by atoms with E-state index in [9.17, 15) is 12.8 Å². The number of hydrogen-bond acceptors (Lipinski definition) is 5. The summed E-state index contributed by atoms with van der Waals surface area (Å²) >= 11 is 0. The standard InChI is InChI=1S/C23H29FN2O4S/c1-29-15-14-25-17-23(22(25)18-6-4-3-5-7-18)10-12-26(13-11-23)31(27,28)21-16-19(24)8-9-20(21)30-2/h3-9,16,22H,10-15,17H2,1-2H3. The van der Waals surface area contributed by atoms with E-state index < -0.39 is 15.8 Å². The summed E-state index contributed by atoms with van der Waals surface area (Å²) in [6.45, 7) is 3.25. The molecule has 2 aromatic carbocycles. The number of halogens is 1. The summed E-state index contributed by atoms with van der Waals surface area (Å²) in [7, 11) is -0.737. The SMILES string of the molecule is COCCN1CC2(CCN(S(=O)(=O)c3cc(F)ccc3OC)CC2)C1c1ccccc1. The second kappa shape index (κ2) is 8.86. The fraction of sp³-hybridized carbons (Fsp3) is 0.478. The van der Waals surface area contributed by atoms with E-state index in [2.05, 4.69) is 17.0 Å². The predicted molar refractivity (Wildman–Crippen MR) is 116 cm³/mol. The number of likely N-dealkylation sites (tertiary alicyclic amines) is 1. The number of piperidine rings is 1. The molecule has 6 nitrogen and oxygen atoms in total. The van der Waals surface area contributed by atoms with E-state index in [4.69, 9.17) is 9.47 Å². The molecule has 2 heterocycles. The van der Waals surface area contributed by atoms with Gasteiger partial charge in [-0.15, -0.1) is 0 Å². The Balaban J connectivity index is 1.54. The summed E-state index contributed by atoms with van der Waals surface area (Å²) in [6, 6.07) is 14.2. The lowest BCUT2D eigenvalue weighted by atomic mass is 9.63. The van der Waals surface area contributed by atoms with Crippen molar-refractivity contribution < 1.29 is 22.3 Å². The van der Waals surface area contributed by atoms with Gasteiger partial charge in [-0.25, -0.2) is 12.8 Å². The van der Waals surface area contributed by atoms with E-state index in [0.717, 1.165) is 32.0 Å². The van der Waals surface area contributed by atoms with Gasteiger partial charge in [-0.3, -0.25) is 4.90 Å². The first kappa shape index (κ1) is 22.2. The van der Waals surface area contributed by atoms with E-state index in [1.54, 1.807) is 7.11 Å². The van der Waals surface area contributed by atoms with Gasteiger partial charge in [0.15, 0.2) is 0 Å². The van der Waals surface area contributed by atoms with Crippen LogP contribution in [0.2, 0.25) is 0 Å². The van der Waals surface area contributed by atoms with Crippen molar-refractivity contribution in [2.75, 3.05) is 47.0 Å². The van der Waals surface area contributed by atoms with Crippen molar-refractivity contribution in [1.82, 2.24) is 9.21 Å². The van der Waals surface area contributed by atoms with E-state index >= 15 is 0 Å². The zero-order valence-corrected chi connectivity index (χ0v) is 18.8. The van der Waals surface area contributed by atoms with Crippen molar-refractivity contribution in [3.63, 3.8) is 0 Å². The molecular weight excluding hydrogens is 419 g/mol.